The molecule has 2 aromatic rings. The monoisotopic (exact) mass is 318 g/mol. The smallest absolute Gasteiger partial charge is 0.255 e. The third kappa shape index (κ3) is 3.40. The van der Waals surface area contributed by atoms with Crippen LogP contribution in [0, 0.1) is 13.8 Å². The molecule has 0 aliphatic rings. The fraction of sp³-hybridized carbons (Fsp3) is 0.125. The van der Waals surface area contributed by atoms with Crippen LogP contribution in [0.1, 0.15) is 27.0 Å². The van der Waals surface area contributed by atoms with Gasteiger partial charge in [0.05, 0.1) is 5.69 Å². The summed E-state index contributed by atoms with van der Waals surface area (Å²) in [5, 5.41) is 3.39. The van der Waals surface area contributed by atoms with Gasteiger partial charge in [-0.05, 0) is 43.2 Å². The van der Waals surface area contributed by atoms with Crippen LogP contribution in [-0.4, -0.2) is 10.9 Å². The number of hydrogen-bond donors (Lipinski definition) is 2. The molecule has 0 saturated carbocycles. The van der Waals surface area contributed by atoms with E-state index in [0.29, 0.717) is 21.8 Å². The number of rotatable bonds is 3. The lowest BCUT2D eigenvalue weighted by Gasteiger charge is -2.13. The maximum absolute atomic E-state index is 12.3. The van der Waals surface area contributed by atoms with Crippen LogP contribution in [-0.2, 0) is 0 Å². The average molecular weight is 319 g/mol. The third-order valence-electron chi connectivity index (χ3n) is 3.20. The Morgan fingerprint density at radius 3 is 2.52 bits per heavy atom. The Labute approximate surface area is 134 Å². The van der Waals surface area contributed by atoms with Crippen molar-refractivity contribution in [1.29, 1.82) is 0 Å². The zero-order valence-corrected chi connectivity index (χ0v) is 13.3. The van der Waals surface area contributed by atoms with Crippen molar-refractivity contribution in [2.24, 2.45) is 5.73 Å². The average Bonchev–Trinajstić information content (AvgIpc) is 2.41. The van der Waals surface area contributed by atoms with Gasteiger partial charge in [0, 0.05) is 16.1 Å². The largest absolute Gasteiger partial charge is 0.389 e. The Bertz CT molecular complexity index is 728. The Balaban J connectivity index is 2.34. The molecule has 2 aromatic carbocycles. The maximum Gasteiger partial charge on any atom is 0.255 e. The molecule has 108 valence electrons. The van der Waals surface area contributed by atoms with Crippen LogP contribution in [0.25, 0.3) is 0 Å². The van der Waals surface area contributed by atoms with E-state index in [9.17, 15) is 4.79 Å². The molecule has 0 aromatic heterocycles. The topological polar surface area (TPSA) is 55.1 Å². The van der Waals surface area contributed by atoms with Gasteiger partial charge < -0.3 is 11.1 Å². The van der Waals surface area contributed by atoms with E-state index >= 15 is 0 Å². The van der Waals surface area contributed by atoms with E-state index < -0.39 is 0 Å². The molecule has 2 rings (SSSR count). The summed E-state index contributed by atoms with van der Waals surface area (Å²) in [5.74, 6) is -0.250. The summed E-state index contributed by atoms with van der Waals surface area (Å²) < 4.78 is 0. The molecule has 0 radical (unpaired) electrons. The summed E-state index contributed by atoms with van der Waals surface area (Å²) in [6, 6.07) is 10.7. The summed E-state index contributed by atoms with van der Waals surface area (Å²) in [7, 11) is 0. The number of carbonyl (C=O) groups excluding carboxylic acids is 1. The molecule has 0 aliphatic carbocycles. The van der Waals surface area contributed by atoms with Crippen molar-refractivity contribution in [3.8, 4) is 0 Å². The molecule has 0 atom stereocenters. The Morgan fingerprint density at radius 1 is 1.19 bits per heavy atom. The first-order valence-corrected chi connectivity index (χ1v) is 7.15. The number of aryl methyl sites for hydroxylation is 2. The number of nitrogens with two attached hydrogens (primary N) is 1. The van der Waals surface area contributed by atoms with Gasteiger partial charge in [-0.15, -0.1) is 0 Å². The highest BCUT2D eigenvalue weighted by Crippen LogP contribution is 2.22. The minimum absolute atomic E-state index is 0.250. The Morgan fingerprint density at radius 2 is 1.90 bits per heavy atom. The van der Waals surface area contributed by atoms with Gasteiger partial charge in [-0.3, -0.25) is 4.79 Å². The first-order chi connectivity index (χ1) is 9.90. The summed E-state index contributed by atoms with van der Waals surface area (Å²) >= 11 is 11.1. The van der Waals surface area contributed by atoms with E-state index in [1.807, 2.05) is 32.0 Å². The van der Waals surface area contributed by atoms with E-state index in [-0.39, 0.29) is 10.9 Å². The van der Waals surface area contributed by atoms with Crippen molar-refractivity contribution < 1.29 is 4.79 Å². The van der Waals surface area contributed by atoms with Crippen LogP contribution < -0.4 is 11.1 Å². The minimum atomic E-state index is -0.250. The first kappa shape index (κ1) is 15.5. The number of halogens is 1. The Hall–Kier alpha value is -1.91. The second kappa shape index (κ2) is 6.24. The van der Waals surface area contributed by atoms with Gasteiger partial charge in [0.1, 0.15) is 4.99 Å². The molecule has 0 fully saturated rings. The number of carbonyl (C=O) groups is 1. The molecule has 0 spiro atoms. The number of hydrogen-bond acceptors (Lipinski definition) is 2. The van der Waals surface area contributed by atoms with Crippen LogP contribution in [0.5, 0.6) is 0 Å². The van der Waals surface area contributed by atoms with Gasteiger partial charge in [0.15, 0.2) is 0 Å². The normalized spacial score (nSPS) is 10.2. The van der Waals surface area contributed by atoms with Crippen LogP contribution in [0.2, 0.25) is 5.02 Å². The van der Waals surface area contributed by atoms with Crippen LogP contribution in [0.15, 0.2) is 36.4 Å². The number of amides is 1. The van der Waals surface area contributed by atoms with Crippen molar-refractivity contribution in [3.63, 3.8) is 0 Å². The molecule has 3 nitrogen and oxygen atoms in total. The lowest BCUT2D eigenvalue weighted by atomic mass is 10.1. The minimum Gasteiger partial charge on any atom is -0.389 e. The molecular weight excluding hydrogens is 304 g/mol. The van der Waals surface area contributed by atoms with Gasteiger partial charge in [-0.25, -0.2) is 0 Å². The van der Waals surface area contributed by atoms with Gasteiger partial charge in [-0.2, -0.15) is 0 Å². The van der Waals surface area contributed by atoms with E-state index in [2.05, 4.69) is 5.32 Å². The molecule has 0 heterocycles. The number of benzene rings is 2. The molecule has 0 unspecified atom stereocenters. The molecule has 1 amide bonds. The first-order valence-electron chi connectivity index (χ1n) is 6.37. The van der Waals surface area contributed by atoms with E-state index in [4.69, 9.17) is 29.6 Å². The van der Waals surface area contributed by atoms with Crippen molar-refractivity contribution in [2.75, 3.05) is 5.32 Å². The predicted octanol–water partition coefficient (Wildman–Crippen LogP) is 3.84. The Kier molecular flexibility index (Phi) is 4.60. The SMILES string of the molecule is Cc1ccc(C(=O)Nc2cccc(C)c2C(N)=S)cc1Cl. The predicted molar refractivity (Wildman–Crippen MR) is 91.2 cm³/mol. The number of anilines is 1. The summed E-state index contributed by atoms with van der Waals surface area (Å²) in [4.78, 5) is 12.6. The summed E-state index contributed by atoms with van der Waals surface area (Å²) in [5.41, 5.74) is 9.34. The fourth-order valence-corrected chi connectivity index (χ4v) is 2.48. The zero-order chi connectivity index (χ0) is 15.6. The zero-order valence-electron chi connectivity index (χ0n) is 11.7. The van der Waals surface area contributed by atoms with Gasteiger partial charge in [0.2, 0.25) is 0 Å². The van der Waals surface area contributed by atoms with Crippen molar-refractivity contribution in [1.82, 2.24) is 0 Å². The van der Waals surface area contributed by atoms with Crippen LogP contribution in [0.4, 0.5) is 5.69 Å². The molecule has 21 heavy (non-hydrogen) atoms. The lowest BCUT2D eigenvalue weighted by molar-refractivity contribution is 0.102. The van der Waals surface area contributed by atoms with E-state index in [0.717, 1.165) is 11.1 Å². The standard InChI is InChI=1S/C16H15ClN2OS/c1-9-6-7-11(8-12(9)17)16(20)19-13-5-3-4-10(2)14(13)15(18)21/h3-8H,1-2H3,(H2,18,21)(H,19,20). The van der Waals surface area contributed by atoms with Crippen molar-refractivity contribution in [2.45, 2.75) is 13.8 Å². The maximum atomic E-state index is 12.3. The van der Waals surface area contributed by atoms with Gasteiger partial charge in [-0.1, -0.05) is 42.0 Å². The third-order valence-corrected chi connectivity index (χ3v) is 3.81. The molecule has 3 N–H and O–H groups in total. The van der Waals surface area contributed by atoms with E-state index in [1.54, 1.807) is 18.2 Å². The molecular formula is C16H15ClN2OS. The summed E-state index contributed by atoms with van der Waals surface area (Å²) in [6.45, 7) is 3.78. The second-order valence-electron chi connectivity index (χ2n) is 4.78. The second-order valence-corrected chi connectivity index (χ2v) is 5.63. The highest BCUT2D eigenvalue weighted by atomic mass is 35.5. The van der Waals surface area contributed by atoms with E-state index in [1.165, 1.54) is 0 Å². The number of thiocarbonyl (C=S) groups is 1. The quantitative estimate of drug-likeness (QED) is 0.845. The highest BCUT2D eigenvalue weighted by molar-refractivity contribution is 7.80. The van der Waals surface area contributed by atoms with Crippen LogP contribution >= 0.6 is 23.8 Å². The molecule has 0 bridgehead atoms. The van der Waals surface area contributed by atoms with Crippen LogP contribution in [0.3, 0.4) is 0 Å². The lowest BCUT2D eigenvalue weighted by Crippen LogP contribution is -2.18. The van der Waals surface area contributed by atoms with Gasteiger partial charge >= 0.3 is 0 Å². The molecule has 0 saturated heterocycles. The number of nitrogens with one attached hydrogen (secondary N) is 1. The van der Waals surface area contributed by atoms with Gasteiger partial charge in [0.25, 0.3) is 5.91 Å². The van der Waals surface area contributed by atoms with Crippen molar-refractivity contribution in [3.05, 3.63) is 63.7 Å². The summed E-state index contributed by atoms with van der Waals surface area (Å²) in [6.07, 6.45) is 0. The molecule has 5 heteroatoms. The molecule has 0 aliphatic heterocycles. The van der Waals surface area contributed by atoms with Crippen molar-refractivity contribution >= 4 is 40.4 Å². The fourth-order valence-electron chi connectivity index (χ4n) is 2.03. The highest BCUT2D eigenvalue weighted by Gasteiger charge is 2.13.